The van der Waals surface area contributed by atoms with E-state index in [2.05, 4.69) is 9.97 Å². The highest BCUT2D eigenvalue weighted by molar-refractivity contribution is 5.75. The monoisotopic (exact) mass is 402 g/mol. The number of carbonyl (C=O) groups excluding carboxylic acids is 2. The average molecular weight is 402 g/mol. The van der Waals surface area contributed by atoms with Crippen molar-refractivity contribution >= 4 is 18.1 Å². The van der Waals surface area contributed by atoms with Gasteiger partial charge in [0.1, 0.15) is 6.10 Å². The maximum atomic E-state index is 12.7. The van der Waals surface area contributed by atoms with Crippen LogP contribution in [0.3, 0.4) is 0 Å². The number of carbonyl (C=O) groups is 2. The molecule has 1 aromatic heterocycles. The Balaban J connectivity index is 1.53. The van der Waals surface area contributed by atoms with Crippen molar-refractivity contribution in [2.45, 2.75) is 25.1 Å². The Bertz CT molecular complexity index is 707. The number of nitrogens with two attached hydrogens (primary N) is 1. The highest BCUT2D eigenvalue weighted by Gasteiger charge is 2.33. The van der Waals surface area contributed by atoms with Crippen molar-refractivity contribution in [3.63, 3.8) is 0 Å². The molecule has 0 spiro atoms. The molecule has 9 nitrogen and oxygen atoms in total. The molecule has 2 fully saturated rings. The predicted octanol–water partition coefficient (Wildman–Crippen LogP) is 1.30. The van der Waals surface area contributed by atoms with Gasteiger partial charge in [0.2, 0.25) is 5.95 Å². The molecule has 154 valence electrons. The number of alkyl halides is 3. The number of likely N-dealkylation sites (tertiary alicyclic amines) is 1. The second-order valence-electron chi connectivity index (χ2n) is 6.67. The third kappa shape index (κ3) is 4.73. The van der Waals surface area contributed by atoms with Gasteiger partial charge in [-0.2, -0.15) is 13.2 Å². The molecule has 1 aromatic rings. The van der Waals surface area contributed by atoms with Gasteiger partial charge in [0, 0.05) is 45.1 Å². The van der Waals surface area contributed by atoms with Crippen LogP contribution in [0.5, 0.6) is 0 Å². The zero-order valence-corrected chi connectivity index (χ0v) is 15.1. The molecule has 0 aromatic carbocycles. The third-order valence-electron chi connectivity index (χ3n) is 4.73. The van der Waals surface area contributed by atoms with E-state index in [0.29, 0.717) is 52.1 Å². The van der Waals surface area contributed by atoms with Crippen molar-refractivity contribution in [1.82, 2.24) is 19.8 Å². The molecule has 0 aliphatic carbocycles. The maximum Gasteiger partial charge on any atom is 0.419 e. The molecule has 3 amide bonds. The Hall–Kier alpha value is -2.79. The fraction of sp³-hybridized carbons (Fsp3) is 0.625. The predicted molar refractivity (Wildman–Crippen MR) is 91.5 cm³/mol. The van der Waals surface area contributed by atoms with Crippen LogP contribution < -0.4 is 10.6 Å². The molecule has 2 saturated heterocycles. The number of hydrogen-bond acceptors (Lipinski definition) is 6. The summed E-state index contributed by atoms with van der Waals surface area (Å²) in [5, 5.41) is 0. The fourth-order valence-electron chi connectivity index (χ4n) is 3.30. The van der Waals surface area contributed by atoms with Gasteiger partial charge in [-0.25, -0.2) is 19.6 Å². The molecule has 3 rings (SSSR count). The van der Waals surface area contributed by atoms with Crippen LogP contribution in [0, 0.1) is 0 Å². The van der Waals surface area contributed by atoms with Gasteiger partial charge < -0.3 is 25.2 Å². The number of piperazine rings is 1. The lowest BCUT2D eigenvalue weighted by Crippen LogP contribution is -2.55. The molecule has 2 aliphatic heterocycles. The standard InChI is InChI=1S/C16H21F3N6O3/c17-16(18,19)11-8-21-14(22-9-11)23-4-6-24(7-5-23)15(27)25-3-1-2-12(10-25)28-13(20)26/h8-9,12H,1-7,10H2,(H2,20,26)/t12-/m1/s1. The van der Waals surface area contributed by atoms with Crippen LogP contribution >= 0.6 is 0 Å². The van der Waals surface area contributed by atoms with E-state index in [0.717, 1.165) is 12.4 Å². The van der Waals surface area contributed by atoms with Crippen molar-refractivity contribution in [1.29, 1.82) is 0 Å². The van der Waals surface area contributed by atoms with Crippen LogP contribution in [0.25, 0.3) is 0 Å². The SMILES string of the molecule is NC(=O)O[C@@H]1CCCN(C(=O)N2CCN(c3ncc(C(F)(F)F)cn3)CC2)C1. The smallest absolute Gasteiger partial charge is 0.419 e. The van der Waals surface area contributed by atoms with Gasteiger partial charge >= 0.3 is 18.3 Å². The van der Waals surface area contributed by atoms with Gasteiger partial charge in [-0.1, -0.05) is 0 Å². The number of primary amides is 1. The highest BCUT2D eigenvalue weighted by atomic mass is 19.4. The van der Waals surface area contributed by atoms with Gasteiger partial charge in [-0.05, 0) is 12.8 Å². The molecule has 28 heavy (non-hydrogen) atoms. The fourth-order valence-corrected chi connectivity index (χ4v) is 3.30. The minimum atomic E-state index is -4.48. The Morgan fingerprint density at radius 1 is 1.07 bits per heavy atom. The number of piperidine rings is 1. The summed E-state index contributed by atoms with van der Waals surface area (Å²) in [7, 11) is 0. The van der Waals surface area contributed by atoms with E-state index in [4.69, 9.17) is 10.5 Å². The first kappa shape index (κ1) is 20.0. The average Bonchev–Trinajstić information content (AvgIpc) is 2.67. The van der Waals surface area contributed by atoms with Crippen LogP contribution in [0.4, 0.5) is 28.7 Å². The number of hydrogen-bond donors (Lipinski definition) is 1. The minimum Gasteiger partial charge on any atom is -0.445 e. The minimum absolute atomic E-state index is 0.161. The van der Waals surface area contributed by atoms with Gasteiger partial charge in [0.15, 0.2) is 0 Å². The highest BCUT2D eigenvalue weighted by Crippen LogP contribution is 2.28. The summed E-state index contributed by atoms with van der Waals surface area (Å²) in [4.78, 5) is 36.2. The Morgan fingerprint density at radius 3 is 2.29 bits per heavy atom. The zero-order chi connectivity index (χ0) is 20.3. The lowest BCUT2D eigenvalue weighted by Gasteiger charge is -2.39. The molecular formula is C16H21F3N6O3. The summed E-state index contributed by atoms with van der Waals surface area (Å²) in [6.45, 7) is 2.46. The number of halogens is 3. The van der Waals surface area contributed by atoms with Gasteiger partial charge in [-0.3, -0.25) is 0 Å². The van der Waals surface area contributed by atoms with Gasteiger partial charge in [-0.15, -0.1) is 0 Å². The Labute approximate surface area is 159 Å². The van der Waals surface area contributed by atoms with Crippen molar-refractivity contribution in [2.75, 3.05) is 44.2 Å². The number of ether oxygens (including phenoxy) is 1. The van der Waals surface area contributed by atoms with Crippen molar-refractivity contribution < 1.29 is 27.5 Å². The first-order chi connectivity index (χ1) is 13.2. The zero-order valence-electron chi connectivity index (χ0n) is 15.1. The molecule has 12 heteroatoms. The van der Waals surface area contributed by atoms with Crippen LogP contribution in [-0.4, -0.2) is 77.3 Å². The molecule has 0 radical (unpaired) electrons. The van der Waals surface area contributed by atoms with Crippen LogP contribution in [0.2, 0.25) is 0 Å². The van der Waals surface area contributed by atoms with E-state index in [-0.39, 0.29) is 12.0 Å². The van der Waals surface area contributed by atoms with E-state index < -0.39 is 23.9 Å². The molecule has 3 heterocycles. The number of aromatic nitrogens is 2. The first-order valence-corrected chi connectivity index (χ1v) is 8.88. The quantitative estimate of drug-likeness (QED) is 0.800. The summed E-state index contributed by atoms with van der Waals surface area (Å²) in [5.74, 6) is 0.202. The topological polar surface area (TPSA) is 105 Å². The molecule has 0 unspecified atom stereocenters. The molecular weight excluding hydrogens is 381 g/mol. The van der Waals surface area contributed by atoms with E-state index >= 15 is 0 Å². The molecule has 2 N–H and O–H groups in total. The summed E-state index contributed by atoms with van der Waals surface area (Å²) < 4.78 is 42.8. The van der Waals surface area contributed by atoms with Crippen molar-refractivity contribution in [3.05, 3.63) is 18.0 Å². The maximum absolute atomic E-state index is 12.7. The van der Waals surface area contributed by atoms with Crippen molar-refractivity contribution in [2.24, 2.45) is 5.73 Å². The lowest BCUT2D eigenvalue weighted by atomic mass is 10.1. The van der Waals surface area contributed by atoms with Crippen LogP contribution in [0.1, 0.15) is 18.4 Å². The van der Waals surface area contributed by atoms with E-state index in [1.54, 1.807) is 14.7 Å². The number of amides is 3. The number of rotatable bonds is 2. The number of nitrogens with zero attached hydrogens (tertiary/aromatic N) is 5. The van der Waals surface area contributed by atoms with Crippen LogP contribution in [0.15, 0.2) is 12.4 Å². The number of urea groups is 1. The second-order valence-corrected chi connectivity index (χ2v) is 6.67. The molecule has 0 saturated carbocycles. The molecule has 2 aliphatic rings. The summed E-state index contributed by atoms with van der Waals surface area (Å²) in [5.41, 5.74) is 4.14. The normalized spacial score (nSPS) is 20.8. The number of anilines is 1. The van der Waals surface area contributed by atoms with Gasteiger partial charge in [0.05, 0.1) is 12.1 Å². The van der Waals surface area contributed by atoms with E-state index in [1.165, 1.54) is 0 Å². The van der Waals surface area contributed by atoms with Crippen molar-refractivity contribution in [3.8, 4) is 0 Å². The summed E-state index contributed by atoms with van der Waals surface area (Å²) in [6.07, 6.45) is -2.86. The second kappa shape index (κ2) is 8.07. The molecule has 0 bridgehead atoms. The third-order valence-corrected chi connectivity index (χ3v) is 4.73. The Kier molecular flexibility index (Phi) is 5.75. The molecule has 1 atom stereocenters. The lowest BCUT2D eigenvalue weighted by molar-refractivity contribution is -0.138. The van der Waals surface area contributed by atoms with E-state index in [9.17, 15) is 22.8 Å². The Morgan fingerprint density at radius 2 is 1.71 bits per heavy atom. The largest absolute Gasteiger partial charge is 0.445 e. The van der Waals surface area contributed by atoms with Crippen LogP contribution in [-0.2, 0) is 10.9 Å². The van der Waals surface area contributed by atoms with Gasteiger partial charge in [0.25, 0.3) is 0 Å². The summed E-state index contributed by atoms with van der Waals surface area (Å²) in [6, 6.07) is -0.161. The summed E-state index contributed by atoms with van der Waals surface area (Å²) >= 11 is 0. The first-order valence-electron chi connectivity index (χ1n) is 8.88. The van der Waals surface area contributed by atoms with E-state index in [1.807, 2.05) is 0 Å².